The average molecular weight is 220 g/mol. The minimum Gasteiger partial charge on any atom is -0.393 e. The Morgan fingerprint density at radius 1 is 1.64 bits per heavy atom. The van der Waals surface area contributed by atoms with Crippen molar-refractivity contribution in [1.82, 2.24) is 5.32 Å². The lowest BCUT2D eigenvalue weighted by molar-refractivity contribution is -0.124. The molecule has 0 aromatic heterocycles. The highest BCUT2D eigenvalue weighted by Gasteiger charge is 2.23. The van der Waals surface area contributed by atoms with Gasteiger partial charge in [-0.15, -0.1) is 11.6 Å². The van der Waals surface area contributed by atoms with Crippen LogP contribution in [0.4, 0.5) is 0 Å². The number of carbonyl (C=O) groups is 1. The van der Waals surface area contributed by atoms with Crippen LogP contribution in [-0.2, 0) is 4.79 Å². The van der Waals surface area contributed by atoms with E-state index in [0.29, 0.717) is 18.3 Å². The smallest absolute Gasteiger partial charge is 0.224 e. The van der Waals surface area contributed by atoms with Crippen molar-refractivity contribution in [3.05, 3.63) is 0 Å². The molecule has 82 valence electrons. The largest absolute Gasteiger partial charge is 0.393 e. The highest BCUT2D eigenvalue weighted by Crippen LogP contribution is 2.24. The van der Waals surface area contributed by atoms with Crippen LogP contribution in [0.2, 0.25) is 0 Å². The van der Waals surface area contributed by atoms with Gasteiger partial charge in [0.1, 0.15) is 0 Å². The molecule has 1 fully saturated rings. The number of nitrogens with one attached hydrogen (secondary N) is 1. The van der Waals surface area contributed by atoms with Crippen LogP contribution >= 0.6 is 11.6 Å². The van der Waals surface area contributed by atoms with Crippen LogP contribution in [0, 0.1) is 11.8 Å². The van der Waals surface area contributed by atoms with E-state index in [4.69, 9.17) is 11.6 Å². The second kappa shape index (κ2) is 5.56. The number of aliphatic hydroxyl groups excluding tert-OH is 1. The minimum atomic E-state index is -0.164. The van der Waals surface area contributed by atoms with Crippen molar-refractivity contribution in [3.8, 4) is 0 Å². The quantitative estimate of drug-likeness (QED) is 0.697. The van der Waals surface area contributed by atoms with Gasteiger partial charge in [0.2, 0.25) is 5.91 Å². The summed E-state index contributed by atoms with van der Waals surface area (Å²) in [5, 5.41) is 12.1. The Bertz CT molecular complexity index is 199. The highest BCUT2D eigenvalue weighted by atomic mass is 35.5. The molecule has 1 amide bonds. The van der Waals surface area contributed by atoms with E-state index in [1.807, 2.05) is 6.92 Å². The highest BCUT2D eigenvalue weighted by molar-refractivity contribution is 6.19. The molecule has 1 rings (SSSR count). The van der Waals surface area contributed by atoms with Crippen LogP contribution < -0.4 is 5.32 Å². The normalized spacial score (nSPS) is 28.8. The second-order valence-electron chi connectivity index (χ2n) is 4.13. The van der Waals surface area contributed by atoms with Crippen molar-refractivity contribution in [3.63, 3.8) is 0 Å². The minimum absolute atomic E-state index is 0.0152. The van der Waals surface area contributed by atoms with Crippen LogP contribution in [0.1, 0.15) is 26.2 Å². The van der Waals surface area contributed by atoms with E-state index >= 15 is 0 Å². The zero-order valence-corrected chi connectivity index (χ0v) is 9.26. The number of alkyl halides is 1. The van der Waals surface area contributed by atoms with Crippen molar-refractivity contribution in [2.45, 2.75) is 32.3 Å². The number of amides is 1. The Kier molecular flexibility index (Phi) is 4.69. The predicted octanol–water partition coefficient (Wildman–Crippen LogP) is 1.14. The van der Waals surface area contributed by atoms with Crippen molar-refractivity contribution in [2.75, 3.05) is 12.4 Å². The van der Waals surface area contributed by atoms with Gasteiger partial charge < -0.3 is 10.4 Å². The summed E-state index contributed by atoms with van der Waals surface area (Å²) in [7, 11) is 0. The Balaban J connectivity index is 2.17. The maximum atomic E-state index is 11.4. The lowest BCUT2D eigenvalue weighted by atomic mass is 10.1. The van der Waals surface area contributed by atoms with Gasteiger partial charge in [0.05, 0.1) is 6.10 Å². The molecule has 3 atom stereocenters. The molecule has 0 spiro atoms. The van der Waals surface area contributed by atoms with Crippen molar-refractivity contribution >= 4 is 17.5 Å². The molecular weight excluding hydrogens is 202 g/mol. The third-order valence-corrected chi connectivity index (χ3v) is 3.22. The van der Waals surface area contributed by atoms with E-state index in [0.717, 1.165) is 19.3 Å². The summed E-state index contributed by atoms with van der Waals surface area (Å²) in [5.41, 5.74) is 0. The summed E-state index contributed by atoms with van der Waals surface area (Å²) in [6, 6.07) is 0. The molecular formula is C10H18ClNO2. The molecule has 0 aromatic rings. The van der Waals surface area contributed by atoms with Crippen LogP contribution in [0.3, 0.4) is 0 Å². The van der Waals surface area contributed by atoms with Gasteiger partial charge in [-0.1, -0.05) is 6.92 Å². The van der Waals surface area contributed by atoms with Gasteiger partial charge in [0.15, 0.2) is 0 Å². The van der Waals surface area contributed by atoms with Gasteiger partial charge in [0, 0.05) is 18.3 Å². The van der Waals surface area contributed by atoms with Crippen molar-refractivity contribution in [1.29, 1.82) is 0 Å². The summed E-state index contributed by atoms with van der Waals surface area (Å²) < 4.78 is 0. The van der Waals surface area contributed by atoms with Gasteiger partial charge in [0.25, 0.3) is 0 Å². The van der Waals surface area contributed by atoms with E-state index in [9.17, 15) is 9.90 Å². The van der Waals surface area contributed by atoms with Gasteiger partial charge >= 0.3 is 0 Å². The Hall–Kier alpha value is -0.280. The third-order valence-electron chi connectivity index (χ3n) is 2.76. The summed E-state index contributed by atoms with van der Waals surface area (Å²) in [6.45, 7) is 2.49. The van der Waals surface area contributed by atoms with Gasteiger partial charge in [-0.05, 0) is 25.2 Å². The number of hydrogen-bond acceptors (Lipinski definition) is 2. The van der Waals surface area contributed by atoms with Crippen molar-refractivity contribution < 1.29 is 9.90 Å². The number of aliphatic hydroxyl groups is 1. The molecule has 0 saturated heterocycles. The predicted molar refractivity (Wildman–Crippen MR) is 56.2 cm³/mol. The van der Waals surface area contributed by atoms with Crippen LogP contribution in [0.25, 0.3) is 0 Å². The molecule has 0 bridgehead atoms. The third kappa shape index (κ3) is 3.46. The molecule has 4 heteroatoms. The number of carbonyl (C=O) groups excluding carboxylic acids is 1. The van der Waals surface area contributed by atoms with Crippen LogP contribution in [0.15, 0.2) is 0 Å². The molecule has 3 nitrogen and oxygen atoms in total. The Morgan fingerprint density at radius 3 is 2.86 bits per heavy atom. The first kappa shape index (κ1) is 11.8. The fraction of sp³-hybridized carbons (Fsp3) is 0.900. The van der Waals surface area contributed by atoms with E-state index in [1.54, 1.807) is 0 Å². The zero-order chi connectivity index (χ0) is 10.6. The fourth-order valence-electron chi connectivity index (χ4n) is 1.72. The van der Waals surface area contributed by atoms with Gasteiger partial charge in [-0.25, -0.2) is 0 Å². The monoisotopic (exact) mass is 219 g/mol. The number of halogens is 1. The van der Waals surface area contributed by atoms with Crippen molar-refractivity contribution in [2.24, 2.45) is 11.8 Å². The molecule has 14 heavy (non-hydrogen) atoms. The molecule has 1 aliphatic rings. The molecule has 2 N–H and O–H groups in total. The maximum Gasteiger partial charge on any atom is 0.224 e. The average Bonchev–Trinajstić information content (AvgIpc) is 2.59. The Labute approximate surface area is 89.8 Å². The molecule has 0 aliphatic heterocycles. The van der Waals surface area contributed by atoms with Gasteiger partial charge in [-0.3, -0.25) is 4.79 Å². The summed E-state index contributed by atoms with van der Waals surface area (Å²) >= 11 is 5.56. The summed E-state index contributed by atoms with van der Waals surface area (Å²) in [6.07, 6.45) is 2.53. The first-order chi connectivity index (χ1) is 6.63. The molecule has 1 saturated carbocycles. The SMILES string of the molecule is CC(CCl)C(=O)NCC1CCC(O)C1. The summed E-state index contributed by atoms with van der Waals surface area (Å²) in [5.74, 6) is 0.694. The lowest BCUT2D eigenvalue weighted by Gasteiger charge is -2.13. The Morgan fingerprint density at radius 2 is 2.36 bits per heavy atom. The molecule has 0 radical (unpaired) electrons. The van der Waals surface area contributed by atoms with Crippen LogP contribution in [-0.4, -0.2) is 29.5 Å². The molecule has 3 unspecified atom stereocenters. The van der Waals surface area contributed by atoms with Gasteiger partial charge in [-0.2, -0.15) is 0 Å². The fourth-order valence-corrected chi connectivity index (χ4v) is 1.86. The molecule has 1 aliphatic carbocycles. The standard InChI is InChI=1S/C10H18ClNO2/c1-7(5-11)10(14)12-6-8-2-3-9(13)4-8/h7-9,13H,2-6H2,1H3,(H,12,14). The van der Waals surface area contributed by atoms with Crippen LogP contribution in [0.5, 0.6) is 0 Å². The van der Waals surface area contributed by atoms with E-state index in [2.05, 4.69) is 5.32 Å². The van der Waals surface area contributed by atoms with E-state index in [-0.39, 0.29) is 17.9 Å². The summed E-state index contributed by atoms with van der Waals surface area (Å²) in [4.78, 5) is 11.4. The van der Waals surface area contributed by atoms with E-state index in [1.165, 1.54) is 0 Å². The topological polar surface area (TPSA) is 49.3 Å². The lowest BCUT2D eigenvalue weighted by Crippen LogP contribution is -2.33. The first-order valence-electron chi connectivity index (χ1n) is 5.15. The number of rotatable bonds is 4. The molecule has 0 aromatic carbocycles. The number of hydrogen-bond donors (Lipinski definition) is 2. The molecule has 0 heterocycles. The second-order valence-corrected chi connectivity index (χ2v) is 4.44. The maximum absolute atomic E-state index is 11.4. The zero-order valence-electron chi connectivity index (χ0n) is 8.50. The first-order valence-corrected chi connectivity index (χ1v) is 5.68. The van der Waals surface area contributed by atoms with E-state index < -0.39 is 0 Å².